The van der Waals surface area contributed by atoms with E-state index >= 15 is 0 Å². The lowest BCUT2D eigenvalue weighted by atomic mass is 10.2. The molecule has 0 amide bonds. The third-order valence-corrected chi connectivity index (χ3v) is 5.45. The van der Waals surface area contributed by atoms with Gasteiger partial charge in [-0.05, 0) is 12.5 Å². The Hall–Kier alpha value is -0.803. The van der Waals surface area contributed by atoms with E-state index in [0.717, 1.165) is 10.8 Å². The third kappa shape index (κ3) is 4.08. The van der Waals surface area contributed by atoms with E-state index in [9.17, 15) is 0 Å². The van der Waals surface area contributed by atoms with Crippen LogP contribution in [-0.4, -0.2) is 36.4 Å². The van der Waals surface area contributed by atoms with Gasteiger partial charge in [0.25, 0.3) is 0 Å². The average Bonchev–Trinajstić information content (AvgIpc) is 2.42. The molecule has 0 radical (unpaired) electrons. The molecule has 1 aromatic carbocycles. The molecule has 1 aromatic rings. The highest BCUT2D eigenvalue weighted by atomic mass is 28.4. The van der Waals surface area contributed by atoms with Crippen LogP contribution in [0.25, 0.3) is 0 Å². The van der Waals surface area contributed by atoms with Crippen LogP contribution in [0.5, 0.6) is 0 Å². The molecule has 0 saturated heterocycles. The first-order valence-corrected chi connectivity index (χ1v) is 7.70. The third-order valence-electron chi connectivity index (χ3n) is 2.69. The lowest BCUT2D eigenvalue weighted by Gasteiger charge is -2.26. The van der Waals surface area contributed by atoms with E-state index in [1.807, 2.05) is 24.3 Å². The summed E-state index contributed by atoms with van der Waals surface area (Å²) in [6.07, 6.45) is -0.374. The van der Waals surface area contributed by atoms with E-state index in [1.54, 1.807) is 28.3 Å². The van der Waals surface area contributed by atoms with Crippen molar-refractivity contribution in [3.8, 4) is 0 Å². The zero-order valence-corrected chi connectivity index (χ0v) is 12.8. The SMILES string of the molecule is CO[Si](OC)(OC)c1ccccc1CNOC(C)N. The Bertz CT molecular complexity index is 377. The molecule has 3 N–H and O–H groups in total. The smallest absolute Gasteiger partial charge is 0.373 e. The van der Waals surface area contributed by atoms with Crippen LogP contribution in [0.4, 0.5) is 0 Å². The highest BCUT2D eigenvalue weighted by Crippen LogP contribution is 2.10. The Balaban J connectivity index is 2.94. The predicted octanol–water partition coefficient (Wildman–Crippen LogP) is 0.0976. The van der Waals surface area contributed by atoms with Crippen LogP contribution in [0.2, 0.25) is 0 Å². The highest BCUT2D eigenvalue weighted by molar-refractivity contribution is 6.75. The normalized spacial score (nSPS) is 13.5. The molecule has 0 aliphatic carbocycles. The molecule has 0 spiro atoms. The second-order valence-electron chi connectivity index (χ2n) is 3.97. The lowest BCUT2D eigenvalue weighted by Crippen LogP contribution is -2.56. The summed E-state index contributed by atoms with van der Waals surface area (Å²) >= 11 is 0. The molecule has 0 aliphatic rings. The van der Waals surface area contributed by atoms with Gasteiger partial charge in [-0.1, -0.05) is 24.3 Å². The van der Waals surface area contributed by atoms with E-state index in [1.165, 1.54) is 0 Å². The van der Waals surface area contributed by atoms with Crippen molar-refractivity contribution in [3.05, 3.63) is 29.8 Å². The van der Waals surface area contributed by atoms with Crippen molar-refractivity contribution in [2.45, 2.75) is 19.7 Å². The van der Waals surface area contributed by atoms with Crippen LogP contribution in [0.3, 0.4) is 0 Å². The summed E-state index contributed by atoms with van der Waals surface area (Å²) < 4.78 is 16.5. The topological polar surface area (TPSA) is 75.0 Å². The summed E-state index contributed by atoms with van der Waals surface area (Å²) in [6, 6.07) is 7.76. The van der Waals surface area contributed by atoms with Gasteiger partial charge in [-0.3, -0.25) is 4.84 Å². The Morgan fingerprint density at radius 3 is 2.26 bits per heavy atom. The molecule has 0 bridgehead atoms. The molecule has 0 fully saturated rings. The zero-order chi connectivity index (χ0) is 14.3. The second kappa shape index (κ2) is 7.71. The van der Waals surface area contributed by atoms with E-state index in [2.05, 4.69) is 5.48 Å². The van der Waals surface area contributed by atoms with Crippen molar-refractivity contribution < 1.29 is 18.1 Å². The standard InChI is InChI=1S/C12H22N2O4Si/c1-10(13)18-14-9-11-7-5-6-8-12(11)19(15-2,16-3)17-4/h5-8,10,14H,9,13H2,1-4H3. The highest BCUT2D eigenvalue weighted by Gasteiger charge is 2.42. The monoisotopic (exact) mass is 286 g/mol. The van der Waals surface area contributed by atoms with Crippen molar-refractivity contribution in [1.82, 2.24) is 5.48 Å². The molecule has 108 valence electrons. The Labute approximate surface area is 115 Å². The van der Waals surface area contributed by atoms with Gasteiger partial charge in [-0.15, -0.1) is 0 Å². The van der Waals surface area contributed by atoms with E-state index in [-0.39, 0.29) is 6.23 Å². The molecule has 0 heterocycles. The Morgan fingerprint density at radius 2 is 1.74 bits per heavy atom. The van der Waals surface area contributed by atoms with E-state index in [0.29, 0.717) is 6.54 Å². The molecule has 7 heteroatoms. The molecule has 0 aliphatic heterocycles. The number of hydroxylamine groups is 1. The summed E-state index contributed by atoms with van der Waals surface area (Å²) in [5.74, 6) is 0. The number of nitrogens with one attached hydrogen (secondary N) is 1. The predicted molar refractivity (Wildman–Crippen MR) is 74.4 cm³/mol. The van der Waals surface area contributed by atoms with E-state index < -0.39 is 8.80 Å². The first-order valence-electron chi connectivity index (χ1n) is 5.97. The van der Waals surface area contributed by atoms with Crippen molar-refractivity contribution in [2.24, 2.45) is 5.73 Å². The van der Waals surface area contributed by atoms with Gasteiger partial charge in [0.15, 0.2) is 0 Å². The number of hydrogen-bond acceptors (Lipinski definition) is 6. The minimum atomic E-state index is -2.84. The molecule has 19 heavy (non-hydrogen) atoms. The van der Waals surface area contributed by atoms with Gasteiger partial charge in [0.1, 0.15) is 6.23 Å². The average molecular weight is 286 g/mol. The molecule has 0 saturated carbocycles. The molecular formula is C12H22N2O4Si. The summed E-state index contributed by atoms with van der Waals surface area (Å²) in [6.45, 7) is 2.24. The fraction of sp³-hybridized carbons (Fsp3) is 0.500. The van der Waals surface area contributed by atoms with Gasteiger partial charge >= 0.3 is 8.80 Å². The summed E-state index contributed by atoms with van der Waals surface area (Å²) in [5.41, 5.74) is 9.31. The summed E-state index contributed by atoms with van der Waals surface area (Å²) in [5, 5.41) is 0.906. The molecule has 1 unspecified atom stereocenters. The number of benzene rings is 1. The second-order valence-corrected chi connectivity index (χ2v) is 6.85. The summed E-state index contributed by atoms with van der Waals surface area (Å²) in [7, 11) is 1.91. The first kappa shape index (κ1) is 16.3. The van der Waals surface area contributed by atoms with Crippen molar-refractivity contribution in [2.75, 3.05) is 21.3 Å². The number of hydrogen-bond donors (Lipinski definition) is 2. The maximum absolute atomic E-state index is 5.51. The number of nitrogens with two attached hydrogens (primary N) is 1. The molecule has 0 aromatic heterocycles. The fourth-order valence-electron chi connectivity index (χ4n) is 1.80. The van der Waals surface area contributed by atoms with Crippen molar-refractivity contribution in [3.63, 3.8) is 0 Å². The van der Waals surface area contributed by atoms with Crippen molar-refractivity contribution in [1.29, 1.82) is 0 Å². The fourth-order valence-corrected chi connectivity index (χ4v) is 3.83. The van der Waals surface area contributed by atoms with Crippen LogP contribution in [-0.2, 0) is 24.7 Å². The van der Waals surface area contributed by atoms with Gasteiger partial charge in [-0.25, -0.2) is 0 Å². The summed E-state index contributed by atoms with van der Waals surface area (Å²) in [4.78, 5) is 5.14. The van der Waals surface area contributed by atoms with Crippen LogP contribution < -0.4 is 16.4 Å². The van der Waals surface area contributed by atoms with Gasteiger partial charge in [-0.2, -0.15) is 5.48 Å². The van der Waals surface area contributed by atoms with Crippen molar-refractivity contribution >= 4 is 14.0 Å². The van der Waals surface area contributed by atoms with Crippen LogP contribution >= 0.6 is 0 Å². The van der Waals surface area contributed by atoms with Gasteiger partial charge in [0, 0.05) is 33.1 Å². The van der Waals surface area contributed by atoms with Crippen LogP contribution in [0.15, 0.2) is 24.3 Å². The lowest BCUT2D eigenvalue weighted by molar-refractivity contribution is -0.0152. The van der Waals surface area contributed by atoms with Gasteiger partial charge in [0.05, 0.1) is 0 Å². The van der Waals surface area contributed by atoms with Gasteiger partial charge < -0.3 is 19.0 Å². The number of rotatable bonds is 8. The maximum Gasteiger partial charge on any atom is 0.536 e. The maximum atomic E-state index is 5.51. The minimum absolute atomic E-state index is 0.374. The minimum Gasteiger partial charge on any atom is -0.373 e. The molecule has 1 rings (SSSR count). The van der Waals surface area contributed by atoms with Crippen LogP contribution in [0, 0.1) is 0 Å². The zero-order valence-electron chi connectivity index (χ0n) is 11.8. The molecule has 6 nitrogen and oxygen atoms in total. The Kier molecular flexibility index (Phi) is 6.59. The largest absolute Gasteiger partial charge is 0.536 e. The quantitative estimate of drug-likeness (QED) is 0.401. The molecule has 1 atom stereocenters. The first-order chi connectivity index (χ1) is 9.09. The van der Waals surface area contributed by atoms with Crippen LogP contribution in [0.1, 0.15) is 12.5 Å². The van der Waals surface area contributed by atoms with E-state index in [4.69, 9.17) is 23.8 Å². The Morgan fingerprint density at radius 1 is 1.16 bits per heavy atom. The molecular weight excluding hydrogens is 264 g/mol. The van der Waals surface area contributed by atoms with Gasteiger partial charge in [0.2, 0.25) is 0 Å².